The molecule has 1 N–H and O–H groups in total. The Balaban J connectivity index is 1.23. The lowest BCUT2D eigenvalue weighted by atomic mass is 9.87. The number of carbonyl (C=O) groups excluding carboxylic acids is 3. The number of amides is 1. The zero-order valence-corrected chi connectivity index (χ0v) is 27.5. The number of likely N-dealkylation sites (tertiary alicyclic amines) is 2. The number of para-hydroxylation sites is 1. The Morgan fingerprint density at radius 1 is 1.04 bits per heavy atom. The molecule has 1 saturated carbocycles. The number of ether oxygens (including phenoxy) is 3. The van der Waals surface area contributed by atoms with E-state index in [1.54, 1.807) is 38.3 Å². The number of carbonyl (C=O) groups is 3. The predicted molar refractivity (Wildman–Crippen MR) is 174 cm³/mol. The summed E-state index contributed by atoms with van der Waals surface area (Å²) in [6.45, 7) is 4.45. The van der Waals surface area contributed by atoms with Crippen molar-refractivity contribution in [1.82, 2.24) is 9.80 Å². The molecule has 1 amide bonds. The van der Waals surface area contributed by atoms with E-state index in [0.717, 1.165) is 18.9 Å². The van der Waals surface area contributed by atoms with Crippen molar-refractivity contribution in [2.45, 2.75) is 69.9 Å². The molecule has 2 saturated heterocycles. The predicted octanol–water partition coefficient (Wildman–Crippen LogP) is 5.81. The van der Waals surface area contributed by atoms with Crippen LogP contribution in [0, 0.1) is 11.7 Å². The molecule has 0 bridgehead atoms. The lowest BCUT2D eigenvalue weighted by Gasteiger charge is -2.55. The lowest BCUT2D eigenvalue weighted by Crippen LogP contribution is -2.74. The molecule has 252 valence electrons. The first-order valence-corrected chi connectivity index (χ1v) is 16.8. The number of furan rings is 1. The molecule has 3 fully saturated rings. The van der Waals surface area contributed by atoms with E-state index in [4.69, 9.17) is 30.2 Å². The molecule has 12 heteroatoms. The highest BCUT2D eigenvalue weighted by Crippen LogP contribution is 2.39. The van der Waals surface area contributed by atoms with Gasteiger partial charge in [-0.15, -0.1) is 0 Å². The quantitative estimate of drug-likeness (QED) is 0.239. The van der Waals surface area contributed by atoms with Crippen molar-refractivity contribution in [1.29, 1.82) is 0 Å². The zero-order valence-electron chi connectivity index (χ0n) is 26.8. The minimum Gasteiger partial charge on any atom is -0.466 e. The van der Waals surface area contributed by atoms with Crippen LogP contribution in [0.5, 0.6) is 0 Å². The standard InChI is InChI=1S/C35H41ClFN3O7/c1-3-45-34(43)22-10-12-24(13-11-22)47-35(39-14-6-7-15-39,40-19-25(20-40)44-2)32(41)17-23-16-28(36)30(18-29(23)37)38-33(42)27-21-46-31-9-5-4-8-26(27)31/h4-5,8-9,16,18,21-22,24-25H,3,6-7,10-15,17,19-20H2,1-2H3,(H,38,42)/t22-,24-,35?. The Kier molecular flexibility index (Phi) is 10.3. The molecular weight excluding hydrogens is 629 g/mol. The molecule has 10 nitrogen and oxygen atoms in total. The highest BCUT2D eigenvalue weighted by Gasteiger charge is 2.56. The summed E-state index contributed by atoms with van der Waals surface area (Å²) in [6.07, 6.45) is 5.03. The van der Waals surface area contributed by atoms with E-state index in [1.165, 1.54) is 12.3 Å². The number of hydrogen-bond acceptors (Lipinski definition) is 9. The number of nitrogens with one attached hydrogen (secondary N) is 1. The summed E-state index contributed by atoms with van der Waals surface area (Å²) in [5, 5.41) is 3.40. The van der Waals surface area contributed by atoms with Crippen molar-refractivity contribution >= 4 is 45.9 Å². The molecule has 1 aromatic heterocycles. The molecule has 6 rings (SSSR count). The molecule has 2 aromatic carbocycles. The summed E-state index contributed by atoms with van der Waals surface area (Å²) < 4.78 is 38.9. The second-order valence-corrected chi connectivity index (χ2v) is 12.9. The third kappa shape index (κ3) is 6.82. The molecule has 1 aliphatic carbocycles. The lowest BCUT2D eigenvalue weighted by molar-refractivity contribution is -0.282. The Morgan fingerprint density at radius 3 is 2.47 bits per heavy atom. The number of rotatable bonds is 12. The van der Waals surface area contributed by atoms with Crippen LogP contribution in [0.2, 0.25) is 5.02 Å². The number of benzene rings is 2. The van der Waals surface area contributed by atoms with E-state index >= 15 is 4.39 Å². The second-order valence-electron chi connectivity index (χ2n) is 12.5. The van der Waals surface area contributed by atoms with Gasteiger partial charge in [0, 0.05) is 45.1 Å². The topological polar surface area (TPSA) is 111 Å². The third-order valence-corrected chi connectivity index (χ3v) is 9.91. The molecule has 47 heavy (non-hydrogen) atoms. The number of halogens is 2. The number of methoxy groups -OCH3 is 1. The molecule has 1 atom stereocenters. The number of hydrogen-bond donors (Lipinski definition) is 1. The van der Waals surface area contributed by atoms with Crippen LogP contribution in [0.25, 0.3) is 11.0 Å². The van der Waals surface area contributed by atoms with Crippen LogP contribution in [0.3, 0.4) is 0 Å². The number of anilines is 1. The van der Waals surface area contributed by atoms with Gasteiger partial charge in [-0.05, 0) is 69.2 Å². The van der Waals surface area contributed by atoms with Gasteiger partial charge in [-0.25, -0.2) is 4.39 Å². The van der Waals surface area contributed by atoms with Crippen LogP contribution in [0.4, 0.5) is 10.1 Å². The van der Waals surface area contributed by atoms with Crippen LogP contribution in [0.15, 0.2) is 47.1 Å². The van der Waals surface area contributed by atoms with E-state index in [0.29, 0.717) is 75.0 Å². The molecule has 0 spiro atoms. The Labute approximate surface area is 278 Å². The van der Waals surface area contributed by atoms with Gasteiger partial charge >= 0.3 is 5.97 Å². The van der Waals surface area contributed by atoms with Gasteiger partial charge in [-0.2, -0.15) is 0 Å². The largest absolute Gasteiger partial charge is 0.466 e. The molecule has 2 aliphatic heterocycles. The van der Waals surface area contributed by atoms with Crippen LogP contribution >= 0.6 is 11.6 Å². The monoisotopic (exact) mass is 669 g/mol. The Hall–Kier alpha value is -3.35. The fraction of sp³-hybridized carbons (Fsp3) is 0.514. The maximum Gasteiger partial charge on any atom is 0.308 e. The van der Waals surface area contributed by atoms with Crippen LogP contribution in [-0.2, 0) is 30.2 Å². The highest BCUT2D eigenvalue weighted by molar-refractivity contribution is 6.34. The van der Waals surface area contributed by atoms with Crippen LogP contribution in [0.1, 0.15) is 61.4 Å². The normalized spacial score (nSPS) is 22.1. The summed E-state index contributed by atoms with van der Waals surface area (Å²) in [4.78, 5) is 44.1. The summed E-state index contributed by atoms with van der Waals surface area (Å²) in [5.41, 5.74) is 1.04. The smallest absolute Gasteiger partial charge is 0.308 e. The van der Waals surface area contributed by atoms with Crippen molar-refractivity contribution in [2.75, 3.05) is 45.2 Å². The number of fused-ring (bicyclic) bond motifs is 1. The second kappa shape index (κ2) is 14.4. The fourth-order valence-electron chi connectivity index (χ4n) is 6.98. The molecular formula is C35H41ClFN3O7. The van der Waals surface area contributed by atoms with Gasteiger partial charge in [-0.3, -0.25) is 24.2 Å². The van der Waals surface area contributed by atoms with E-state index in [1.807, 2.05) is 4.90 Å². The minimum absolute atomic E-state index is 0.0469. The van der Waals surface area contributed by atoms with Crippen molar-refractivity contribution in [2.24, 2.45) is 5.92 Å². The molecule has 1 unspecified atom stereocenters. The summed E-state index contributed by atoms with van der Waals surface area (Å²) in [6, 6.07) is 9.65. The van der Waals surface area contributed by atoms with Gasteiger partial charge in [0.1, 0.15) is 17.7 Å². The summed E-state index contributed by atoms with van der Waals surface area (Å²) in [5.74, 6) is -3.25. The zero-order chi connectivity index (χ0) is 33.1. The first-order valence-electron chi connectivity index (χ1n) is 16.4. The maximum absolute atomic E-state index is 15.7. The van der Waals surface area contributed by atoms with E-state index in [-0.39, 0.29) is 52.6 Å². The van der Waals surface area contributed by atoms with Gasteiger partial charge < -0.3 is 23.9 Å². The SMILES string of the molecule is CCOC(=O)[C@H]1CC[C@H](OC(C(=O)Cc2cc(Cl)c(NC(=O)c3coc4ccccc34)cc2F)(N2CCCC2)N2CC(OC)C2)CC1. The average molecular weight is 670 g/mol. The van der Waals surface area contributed by atoms with E-state index < -0.39 is 17.6 Å². The van der Waals surface area contributed by atoms with Gasteiger partial charge in [0.15, 0.2) is 5.78 Å². The first-order chi connectivity index (χ1) is 22.7. The Bertz CT molecular complexity index is 1610. The first kappa shape index (κ1) is 33.5. The highest BCUT2D eigenvalue weighted by atomic mass is 35.5. The number of Topliss-reactive ketones (excluding diaryl/α,β-unsaturated/α-hetero) is 1. The summed E-state index contributed by atoms with van der Waals surface area (Å²) in [7, 11) is 1.64. The maximum atomic E-state index is 15.7. The van der Waals surface area contributed by atoms with Gasteiger partial charge in [0.25, 0.3) is 5.91 Å². The minimum atomic E-state index is -1.42. The van der Waals surface area contributed by atoms with Crippen LogP contribution in [-0.4, -0.2) is 85.4 Å². The number of ketones is 1. The molecule has 3 heterocycles. The summed E-state index contributed by atoms with van der Waals surface area (Å²) >= 11 is 6.58. The van der Waals surface area contributed by atoms with Crippen molar-refractivity contribution in [3.05, 3.63) is 64.6 Å². The van der Waals surface area contributed by atoms with Gasteiger partial charge in [0.2, 0.25) is 5.85 Å². The number of nitrogens with zero attached hydrogens (tertiary/aromatic N) is 2. The van der Waals surface area contributed by atoms with Crippen molar-refractivity contribution in [3.63, 3.8) is 0 Å². The van der Waals surface area contributed by atoms with E-state index in [9.17, 15) is 14.4 Å². The molecule has 3 aromatic rings. The van der Waals surface area contributed by atoms with Gasteiger partial charge in [-0.1, -0.05) is 29.8 Å². The molecule has 3 aliphatic rings. The van der Waals surface area contributed by atoms with E-state index in [2.05, 4.69) is 10.2 Å². The fourth-order valence-corrected chi connectivity index (χ4v) is 7.22. The van der Waals surface area contributed by atoms with Crippen molar-refractivity contribution in [3.8, 4) is 0 Å². The van der Waals surface area contributed by atoms with Crippen molar-refractivity contribution < 1.29 is 37.4 Å². The Morgan fingerprint density at radius 2 is 1.77 bits per heavy atom. The third-order valence-electron chi connectivity index (χ3n) is 9.59. The number of esters is 1. The molecule has 0 radical (unpaired) electrons. The van der Waals surface area contributed by atoms with Gasteiger partial charge in [0.05, 0.1) is 41.0 Å². The average Bonchev–Trinajstić information content (AvgIpc) is 3.74. The van der Waals surface area contributed by atoms with Crippen LogP contribution < -0.4 is 5.32 Å².